The highest BCUT2D eigenvalue weighted by molar-refractivity contribution is 6.22. The van der Waals surface area contributed by atoms with Crippen LogP contribution < -0.4 is 9.25 Å². The zero-order chi connectivity index (χ0) is 31.9. The van der Waals surface area contributed by atoms with Gasteiger partial charge in [-0.15, -0.1) is 4.68 Å². The molecule has 228 valence electrons. The summed E-state index contributed by atoms with van der Waals surface area (Å²) in [6.07, 6.45) is 6.30. The van der Waals surface area contributed by atoms with E-state index in [1.165, 1.54) is 83.1 Å². The summed E-state index contributed by atoms with van der Waals surface area (Å²) in [5, 5.41) is 5.14. The van der Waals surface area contributed by atoms with E-state index in [0.717, 1.165) is 17.2 Å². The maximum absolute atomic E-state index is 4.67. The van der Waals surface area contributed by atoms with Gasteiger partial charge in [-0.05, 0) is 67.6 Å². The summed E-state index contributed by atoms with van der Waals surface area (Å²) in [5.41, 5.74) is 15.2. The highest BCUT2D eigenvalue weighted by Gasteiger charge is 2.69. The lowest BCUT2D eigenvalue weighted by Gasteiger charge is -2.33. The van der Waals surface area contributed by atoms with Crippen LogP contribution in [0.3, 0.4) is 0 Å². The summed E-state index contributed by atoms with van der Waals surface area (Å²) in [7, 11) is 0. The molecule has 0 saturated carbocycles. The van der Waals surface area contributed by atoms with Crippen LogP contribution in [0, 0.1) is 13.8 Å². The van der Waals surface area contributed by atoms with E-state index >= 15 is 0 Å². The zero-order valence-corrected chi connectivity index (χ0v) is 26.8. The zero-order valence-electron chi connectivity index (χ0n) is 26.8. The van der Waals surface area contributed by atoms with E-state index in [0.29, 0.717) is 0 Å². The Morgan fingerprint density at radius 3 is 2.22 bits per heavy atom. The largest absolute Gasteiger partial charge is 0.394 e. The van der Waals surface area contributed by atoms with E-state index in [9.17, 15) is 0 Å². The van der Waals surface area contributed by atoms with Gasteiger partial charge in [-0.2, -0.15) is 9.13 Å². The minimum absolute atomic E-state index is 0.687. The Labute approximate surface area is 279 Å². The summed E-state index contributed by atoms with van der Waals surface area (Å²) >= 11 is 0. The van der Waals surface area contributed by atoms with Crippen LogP contribution in [0.25, 0.3) is 77.7 Å². The molecule has 0 amide bonds. The third-order valence-electron chi connectivity index (χ3n) is 11.7. The van der Waals surface area contributed by atoms with Gasteiger partial charge in [-0.25, -0.2) is 4.98 Å². The van der Waals surface area contributed by atoms with Gasteiger partial charge >= 0.3 is 5.66 Å². The first-order valence-electron chi connectivity index (χ1n) is 16.9. The highest BCUT2D eigenvalue weighted by Crippen LogP contribution is 2.55. The SMILES string of the molecule is Cc1c(-c2ccc3ncccn23)c(C)[n+]2n1-c1cccc3c1C21c2c4c(cc5c6ccccc6n(c25)-c2cccc[n+]21)c1ccccc1n4-3. The molecule has 0 radical (unpaired) electrons. The summed E-state index contributed by atoms with van der Waals surface area (Å²) in [6.45, 7) is 4.59. The molecule has 1 atom stereocenters. The van der Waals surface area contributed by atoms with Crippen LogP contribution in [0.1, 0.15) is 22.5 Å². The number of pyridine rings is 1. The van der Waals surface area contributed by atoms with Crippen LogP contribution in [0.5, 0.6) is 0 Å². The van der Waals surface area contributed by atoms with Crippen molar-refractivity contribution in [2.45, 2.75) is 19.5 Å². The van der Waals surface area contributed by atoms with Crippen molar-refractivity contribution in [2.75, 3.05) is 0 Å². The molecule has 49 heavy (non-hydrogen) atoms. The first-order valence-corrected chi connectivity index (χ1v) is 16.9. The second-order valence-electron chi connectivity index (χ2n) is 13.8. The second-order valence-corrected chi connectivity index (χ2v) is 13.8. The molecule has 10 aromatic rings. The van der Waals surface area contributed by atoms with Gasteiger partial charge in [0, 0.05) is 46.9 Å². The maximum Gasteiger partial charge on any atom is 0.394 e. The average Bonchev–Trinajstić information content (AvgIpc) is 3.93. The Kier molecular flexibility index (Phi) is 3.93. The molecular weight excluding hydrogens is 603 g/mol. The van der Waals surface area contributed by atoms with E-state index in [2.05, 4.69) is 162 Å². The number of hydrogen-bond donors (Lipinski definition) is 0. The topological polar surface area (TPSA) is 39.9 Å². The van der Waals surface area contributed by atoms with Gasteiger partial charge in [0.25, 0.3) is 5.82 Å². The molecule has 3 aliphatic rings. The normalized spacial score (nSPS) is 16.4. The van der Waals surface area contributed by atoms with E-state index < -0.39 is 5.66 Å². The molecule has 1 unspecified atom stereocenters. The predicted octanol–water partition coefficient (Wildman–Crippen LogP) is 7.42. The first kappa shape index (κ1) is 24.7. The fourth-order valence-electron chi connectivity index (χ4n) is 10.2. The summed E-state index contributed by atoms with van der Waals surface area (Å²) < 4.78 is 15.0. The standard InChI is InChI=1S/C42H27N7/c1-24-37(32-18-19-35-43-20-10-21-44(32)35)25(2)49-42-38-33(15-9-16-34(38)48(24)49)46-30-13-5-3-11-26(30)28-23-29-27-12-4-6-14-31(27)47(41(29)39(42)40(28)46)36-17-7-8-22-45(36)42/h3-23H,1-2H3/q+2. The molecule has 7 nitrogen and oxygen atoms in total. The second kappa shape index (κ2) is 7.80. The van der Waals surface area contributed by atoms with Crippen molar-refractivity contribution >= 4 is 49.3 Å². The van der Waals surface area contributed by atoms with Crippen LogP contribution in [0.2, 0.25) is 0 Å². The van der Waals surface area contributed by atoms with Crippen molar-refractivity contribution in [1.29, 1.82) is 0 Å². The van der Waals surface area contributed by atoms with Crippen LogP contribution in [-0.4, -0.2) is 23.2 Å². The van der Waals surface area contributed by atoms with E-state index in [1.807, 2.05) is 12.3 Å². The van der Waals surface area contributed by atoms with Gasteiger partial charge in [0.15, 0.2) is 5.52 Å². The molecule has 3 aliphatic heterocycles. The smallest absolute Gasteiger partial charge is 0.307 e. The maximum atomic E-state index is 4.67. The predicted molar refractivity (Wildman–Crippen MR) is 190 cm³/mol. The van der Waals surface area contributed by atoms with E-state index in [1.54, 1.807) is 0 Å². The summed E-state index contributed by atoms with van der Waals surface area (Å²) in [5.74, 6) is 1.16. The van der Waals surface area contributed by atoms with Gasteiger partial charge in [0.05, 0.1) is 39.9 Å². The molecule has 0 bridgehead atoms. The van der Waals surface area contributed by atoms with Gasteiger partial charge in [0.2, 0.25) is 5.69 Å². The highest BCUT2D eigenvalue weighted by atomic mass is 15.6. The van der Waals surface area contributed by atoms with Crippen molar-refractivity contribution in [2.24, 2.45) is 0 Å². The average molecular weight is 630 g/mol. The fraction of sp³-hybridized carbons (Fsp3) is 0.0714. The lowest BCUT2D eigenvalue weighted by atomic mass is 9.82. The number of para-hydroxylation sites is 2. The molecule has 1 spiro atoms. The van der Waals surface area contributed by atoms with Crippen molar-refractivity contribution in [3.05, 3.63) is 150 Å². The quantitative estimate of drug-likeness (QED) is 0.174. The van der Waals surface area contributed by atoms with Gasteiger partial charge in [0.1, 0.15) is 28.0 Å². The molecule has 0 saturated heterocycles. The van der Waals surface area contributed by atoms with Crippen LogP contribution >= 0.6 is 0 Å². The van der Waals surface area contributed by atoms with Gasteiger partial charge in [-0.1, -0.05) is 47.1 Å². The number of nitrogens with zero attached hydrogens (tertiary/aromatic N) is 7. The van der Waals surface area contributed by atoms with E-state index in [4.69, 9.17) is 0 Å². The summed E-state index contributed by atoms with van der Waals surface area (Å²) in [4.78, 5) is 4.67. The van der Waals surface area contributed by atoms with Crippen molar-refractivity contribution < 1.29 is 9.25 Å². The lowest BCUT2D eigenvalue weighted by Crippen LogP contribution is -2.77. The number of rotatable bonds is 1. The third kappa shape index (κ3) is 2.40. The Balaban J connectivity index is 1.35. The lowest BCUT2D eigenvalue weighted by molar-refractivity contribution is -0.995. The van der Waals surface area contributed by atoms with Crippen molar-refractivity contribution in [3.8, 4) is 28.5 Å². The molecule has 7 heteroatoms. The molecule has 6 aromatic heterocycles. The Morgan fingerprint density at radius 2 is 1.39 bits per heavy atom. The molecule has 4 aromatic carbocycles. The number of fused-ring (bicyclic) bond motifs is 12. The summed E-state index contributed by atoms with van der Waals surface area (Å²) in [6, 6.07) is 40.3. The molecule has 13 rings (SSSR count). The number of aromatic nitrogens is 7. The van der Waals surface area contributed by atoms with Crippen LogP contribution in [0.4, 0.5) is 0 Å². The Bertz CT molecular complexity index is 3170. The first-order chi connectivity index (χ1) is 24.2. The van der Waals surface area contributed by atoms with Crippen LogP contribution in [0.15, 0.2) is 128 Å². The Morgan fingerprint density at radius 1 is 0.653 bits per heavy atom. The van der Waals surface area contributed by atoms with Crippen molar-refractivity contribution in [1.82, 2.24) is 23.2 Å². The van der Waals surface area contributed by atoms with Crippen molar-refractivity contribution in [3.63, 3.8) is 0 Å². The number of benzene rings is 4. The van der Waals surface area contributed by atoms with Gasteiger partial charge in [-0.3, -0.25) is 0 Å². The van der Waals surface area contributed by atoms with Crippen LogP contribution in [-0.2, 0) is 5.66 Å². The minimum Gasteiger partial charge on any atom is -0.307 e. The van der Waals surface area contributed by atoms with E-state index in [-0.39, 0.29) is 0 Å². The third-order valence-corrected chi connectivity index (χ3v) is 11.7. The number of hydrogen-bond acceptors (Lipinski definition) is 1. The Hall–Kier alpha value is -6.47. The molecule has 9 heterocycles. The molecule has 0 fully saturated rings. The van der Waals surface area contributed by atoms with Gasteiger partial charge < -0.3 is 8.97 Å². The molecule has 0 aliphatic carbocycles. The monoisotopic (exact) mass is 629 g/mol. The molecule has 0 N–H and O–H groups in total. The fourth-order valence-corrected chi connectivity index (χ4v) is 10.2. The minimum atomic E-state index is -0.687. The molecular formula is C42H27N7+2.